The van der Waals surface area contributed by atoms with Gasteiger partial charge in [-0.05, 0) is 25.3 Å². The number of nitrogens with zero attached hydrogens (tertiary/aromatic N) is 3. The molecule has 0 bridgehead atoms. The minimum atomic E-state index is 0.214. The van der Waals surface area contributed by atoms with Crippen molar-refractivity contribution in [3.05, 3.63) is 12.2 Å². The van der Waals surface area contributed by atoms with Gasteiger partial charge in [-0.15, -0.1) is 0 Å². The Bertz CT molecular complexity index is 361. The van der Waals surface area contributed by atoms with Gasteiger partial charge in [-0.2, -0.15) is 5.10 Å². The van der Waals surface area contributed by atoms with Gasteiger partial charge in [-0.25, -0.2) is 9.67 Å². The first kappa shape index (κ1) is 17.1. The van der Waals surface area contributed by atoms with E-state index in [0.717, 1.165) is 38.2 Å². The molecule has 0 radical (unpaired) electrons. The van der Waals surface area contributed by atoms with E-state index in [-0.39, 0.29) is 6.10 Å². The van der Waals surface area contributed by atoms with Crippen molar-refractivity contribution < 1.29 is 4.74 Å². The highest BCUT2D eigenvalue weighted by atomic mass is 16.5. The molecule has 0 amide bonds. The molecule has 0 aliphatic rings. The Balaban J connectivity index is 2.75. The number of nitrogens with one attached hydrogen (secondary N) is 1. The van der Waals surface area contributed by atoms with Crippen LogP contribution in [0.1, 0.15) is 46.4 Å². The summed E-state index contributed by atoms with van der Waals surface area (Å²) in [5.41, 5.74) is 0. The molecule has 0 saturated carbocycles. The zero-order valence-electron chi connectivity index (χ0n) is 13.6. The van der Waals surface area contributed by atoms with Gasteiger partial charge < -0.3 is 10.1 Å². The van der Waals surface area contributed by atoms with Crippen LogP contribution >= 0.6 is 0 Å². The van der Waals surface area contributed by atoms with Crippen LogP contribution in [0.5, 0.6) is 0 Å². The molecule has 2 unspecified atom stereocenters. The first-order chi connectivity index (χ1) is 9.62. The van der Waals surface area contributed by atoms with Crippen molar-refractivity contribution in [3.63, 3.8) is 0 Å². The summed E-state index contributed by atoms with van der Waals surface area (Å²) in [5.74, 6) is 1.62. The van der Waals surface area contributed by atoms with Gasteiger partial charge >= 0.3 is 0 Å². The largest absolute Gasteiger partial charge is 0.380 e. The molecular formula is C15H30N4O. The average Bonchev–Trinajstić information content (AvgIpc) is 2.83. The van der Waals surface area contributed by atoms with E-state index in [2.05, 4.69) is 43.1 Å². The summed E-state index contributed by atoms with van der Waals surface area (Å²) < 4.78 is 7.63. The molecule has 0 fully saturated rings. The maximum Gasteiger partial charge on any atom is 0.138 e. The van der Waals surface area contributed by atoms with Crippen LogP contribution in [0.15, 0.2) is 6.33 Å². The van der Waals surface area contributed by atoms with E-state index in [0.29, 0.717) is 12.0 Å². The first-order valence-electron chi connectivity index (χ1n) is 7.75. The van der Waals surface area contributed by atoms with Crippen LogP contribution in [0, 0.1) is 5.92 Å². The van der Waals surface area contributed by atoms with Gasteiger partial charge in [0.2, 0.25) is 0 Å². The summed E-state index contributed by atoms with van der Waals surface area (Å²) in [6.45, 7) is 10.7. The fourth-order valence-electron chi connectivity index (χ4n) is 2.42. The van der Waals surface area contributed by atoms with Crippen molar-refractivity contribution in [2.75, 3.05) is 13.7 Å². The van der Waals surface area contributed by atoms with E-state index in [4.69, 9.17) is 4.74 Å². The standard InChI is InChI=1S/C15H30N4O/c1-6-8-16-13(14(7-2)20-5)9-15-17-11-18-19(15)10-12(3)4/h11-14,16H,6-10H2,1-5H3. The Labute approximate surface area is 123 Å². The summed E-state index contributed by atoms with van der Waals surface area (Å²) >= 11 is 0. The van der Waals surface area contributed by atoms with Gasteiger partial charge in [0.15, 0.2) is 0 Å². The number of aromatic nitrogens is 3. The van der Waals surface area contributed by atoms with Crippen molar-refractivity contribution in [3.8, 4) is 0 Å². The van der Waals surface area contributed by atoms with Crippen LogP contribution < -0.4 is 5.32 Å². The highest BCUT2D eigenvalue weighted by molar-refractivity contribution is 4.93. The molecule has 1 rings (SSSR count). The number of rotatable bonds is 10. The zero-order chi connectivity index (χ0) is 15.0. The van der Waals surface area contributed by atoms with Crippen LogP contribution in [0.3, 0.4) is 0 Å². The number of methoxy groups -OCH3 is 1. The number of hydrogen-bond donors (Lipinski definition) is 1. The lowest BCUT2D eigenvalue weighted by Gasteiger charge is -2.26. The lowest BCUT2D eigenvalue weighted by atomic mass is 10.0. The van der Waals surface area contributed by atoms with Gasteiger partial charge in [0, 0.05) is 26.1 Å². The molecule has 1 N–H and O–H groups in total. The Morgan fingerprint density at radius 3 is 2.65 bits per heavy atom. The van der Waals surface area contributed by atoms with Crippen LogP contribution in [-0.4, -0.2) is 40.6 Å². The van der Waals surface area contributed by atoms with Crippen molar-refractivity contribution >= 4 is 0 Å². The maximum atomic E-state index is 5.61. The Morgan fingerprint density at radius 2 is 2.10 bits per heavy atom. The molecule has 5 nitrogen and oxygen atoms in total. The highest BCUT2D eigenvalue weighted by Crippen LogP contribution is 2.10. The van der Waals surface area contributed by atoms with Crippen molar-refractivity contribution in [2.24, 2.45) is 5.92 Å². The summed E-state index contributed by atoms with van der Waals surface area (Å²) in [4.78, 5) is 4.42. The van der Waals surface area contributed by atoms with Gasteiger partial charge in [-0.3, -0.25) is 0 Å². The van der Waals surface area contributed by atoms with Gasteiger partial charge in [0.05, 0.1) is 6.10 Å². The SMILES string of the molecule is CCCNC(Cc1ncnn1CC(C)C)C(CC)OC. The zero-order valence-corrected chi connectivity index (χ0v) is 13.6. The normalized spacial score (nSPS) is 14.7. The summed E-state index contributed by atoms with van der Waals surface area (Å²) in [5, 5.41) is 7.92. The average molecular weight is 282 g/mol. The molecule has 1 aromatic heterocycles. The predicted molar refractivity (Wildman–Crippen MR) is 81.7 cm³/mol. The topological polar surface area (TPSA) is 52.0 Å². The minimum Gasteiger partial charge on any atom is -0.380 e. The highest BCUT2D eigenvalue weighted by Gasteiger charge is 2.21. The van der Waals surface area contributed by atoms with Gasteiger partial charge in [0.25, 0.3) is 0 Å². The van der Waals surface area contributed by atoms with E-state index >= 15 is 0 Å². The van der Waals surface area contributed by atoms with E-state index in [1.54, 1.807) is 13.4 Å². The summed E-state index contributed by atoms with van der Waals surface area (Å²) in [6, 6.07) is 0.292. The van der Waals surface area contributed by atoms with E-state index in [9.17, 15) is 0 Å². The second-order valence-corrected chi connectivity index (χ2v) is 5.70. The second-order valence-electron chi connectivity index (χ2n) is 5.70. The van der Waals surface area contributed by atoms with Crippen LogP contribution in [0.2, 0.25) is 0 Å². The summed E-state index contributed by atoms with van der Waals surface area (Å²) in [7, 11) is 1.79. The molecule has 2 atom stereocenters. The Morgan fingerprint density at radius 1 is 1.35 bits per heavy atom. The smallest absolute Gasteiger partial charge is 0.138 e. The molecule has 116 valence electrons. The van der Waals surface area contributed by atoms with Crippen molar-refractivity contribution in [2.45, 2.75) is 65.6 Å². The monoisotopic (exact) mass is 282 g/mol. The minimum absolute atomic E-state index is 0.214. The summed E-state index contributed by atoms with van der Waals surface area (Å²) in [6.07, 6.45) is 4.85. The van der Waals surface area contributed by atoms with Crippen molar-refractivity contribution in [1.29, 1.82) is 0 Å². The van der Waals surface area contributed by atoms with Gasteiger partial charge in [0.1, 0.15) is 12.2 Å². The number of hydrogen-bond acceptors (Lipinski definition) is 4. The van der Waals surface area contributed by atoms with Crippen LogP contribution in [0.25, 0.3) is 0 Å². The fraction of sp³-hybridized carbons (Fsp3) is 0.867. The second kappa shape index (κ2) is 9.08. The molecule has 20 heavy (non-hydrogen) atoms. The van der Waals surface area contributed by atoms with E-state index in [1.165, 1.54) is 0 Å². The molecule has 5 heteroatoms. The quantitative estimate of drug-likeness (QED) is 0.715. The Kier molecular flexibility index (Phi) is 7.77. The third kappa shape index (κ3) is 5.21. The predicted octanol–water partition coefficient (Wildman–Crippen LogP) is 2.27. The molecule has 0 aromatic carbocycles. The first-order valence-corrected chi connectivity index (χ1v) is 7.75. The molecule has 0 aliphatic heterocycles. The number of ether oxygens (including phenoxy) is 1. The Hall–Kier alpha value is -0.940. The van der Waals surface area contributed by atoms with Crippen LogP contribution in [-0.2, 0) is 17.7 Å². The molecule has 1 heterocycles. The van der Waals surface area contributed by atoms with Crippen LogP contribution in [0.4, 0.5) is 0 Å². The molecular weight excluding hydrogens is 252 g/mol. The van der Waals surface area contributed by atoms with E-state index in [1.807, 2.05) is 4.68 Å². The molecule has 0 aliphatic carbocycles. The van der Waals surface area contributed by atoms with E-state index < -0.39 is 0 Å². The lowest BCUT2D eigenvalue weighted by molar-refractivity contribution is 0.0643. The third-order valence-corrected chi connectivity index (χ3v) is 3.45. The maximum absolute atomic E-state index is 5.61. The van der Waals surface area contributed by atoms with Gasteiger partial charge in [-0.1, -0.05) is 27.7 Å². The molecule has 0 saturated heterocycles. The molecule has 0 spiro atoms. The fourth-order valence-corrected chi connectivity index (χ4v) is 2.42. The lowest BCUT2D eigenvalue weighted by Crippen LogP contribution is -2.43. The third-order valence-electron chi connectivity index (χ3n) is 3.45. The van der Waals surface area contributed by atoms with Crippen molar-refractivity contribution in [1.82, 2.24) is 20.1 Å². The molecule has 1 aromatic rings.